The Labute approximate surface area is 153 Å². The smallest absolute Gasteiger partial charge is 0.756 e. The molecule has 0 saturated heterocycles. The summed E-state index contributed by atoms with van der Waals surface area (Å²) in [4.78, 5) is 54.1. The van der Waals surface area contributed by atoms with Gasteiger partial charge in [-0.3, -0.25) is 18.5 Å². The zero-order chi connectivity index (χ0) is 17.4. The van der Waals surface area contributed by atoms with Crippen LogP contribution in [0.5, 0.6) is 0 Å². The Morgan fingerprint density at radius 2 is 1.04 bits per heavy atom. The molecule has 0 aromatic rings. The van der Waals surface area contributed by atoms with Crippen molar-refractivity contribution in [3.05, 3.63) is 0 Å². The van der Waals surface area contributed by atoms with E-state index in [0.29, 0.717) is 0 Å². The molecule has 0 aliphatic heterocycles. The van der Waals surface area contributed by atoms with Crippen LogP contribution in [-0.2, 0) is 27.3 Å². The summed E-state index contributed by atoms with van der Waals surface area (Å²) < 4.78 is 43.8. The third kappa shape index (κ3) is 21.2. The van der Waals surface area contributed by atoms with Crippen LogP contribution in [0.2, 0.25) is 0 Å². The van der Waals surface area contributed by atoms with E-state index in [4.69, 9.17) is 24.5 Å². The van der Waals surface area contributed by atoms with Crippen LogP contribution in [-0.4, -0.2) is 68.8 Å². The maximum Gasteiger partial charge on any atom is 1.00 e. The molecule has 5 N–H and O–H groups in total. The van der Waals surface area contributed by atoms with Crippen molar-refractivity contribution in [2.24, 2.45) is 0 Å². The van der Waals surface area contributed by atoms with Crippen molar-refractivity contribution in [2.75, 3.05) is 39.5 Å². The molecule has 13 nitrogen and oxygen atoms in total. The zero-order valence-electron chi connectivity index (χ0n) is 12.1. The van der Waals surface area contributed by atoms with Gasteiger partial charge in [0.25, 0.3) is 7.82 Å². The molecule has 0 aromatic carbocycles. The largest absolute Gasteiger partial charge is 1.00 e. The Hall–Kier alpha value is 1.29. The fourth-order valence-electron chi connectivity index (χ4n) is 1.20. The molecule has 17 heteroatoms. The van der Waals surface area contributed by atoms with Gasteiger partial charge in [0, 0.05) is 19.6 Å². The van der Waals surface area contributed by atoms with Gasteiger partial charge < -0.3 is 33.9 Å². The number of phosphoric ester groups is 3. The second-order valence-corrected chi connectivity index (χ2v) is 7.47. The summed E-state index contributed by atoms with van der Waals surface area (Å²) in [7, 11) is -14.3. The summed E-state index contributed by atoms with van der Waals surface area (Å²) in [5, 5.41) is 0. The second kappa shape index (κ2) is 11.8. The molecule has 23 heavy (non-hydrogen) atoms. The molecule has 0 rings (SSSR count). The third-order valence-electron chi connectivity index (χ3n) is 2.00. The van der Waals surface area contributed by atoms with Gasteiger partial charge >= 0.3 is 45.2 Å². The van der Waals surface area contributed by atoms with E-state index >= 15 is 0 Å². The van der Waals surface area contributed by atoms with Crippen LogP contribution >= 0.6 is 23.5 Å². The van der Waals surface area contributed by atoms with Crippen molar-refractivity contribution >= 4 is 23.5 Å². The standard InChI is InChI=1S/C6H18NO12P3.Na/c8-20(9,10)17-4-1-7(2-5-18-21(11,12)13)3-6-19-22(14,15)16;/h1-6H2,(H2,8,9,10)(H2,11,12,13)(H2,14,15,16);/q;+1/p-1. The minimum absolute atomic E-state index is 0. The Morgan fingerprint density at radius 3 is 1.30 bits per heavy atom. The molecule has 0 amide bonds. The van der Waals surface area contributed by atoms with Crippen molar-refractivity contribution in [3.63, 3.8) is 0 Å². The van der Waals surface area contributed by atoms with Gasteiger partial charge in [0.1, 0.15) is 0 Å². The van der Waals surface area contributed by atoms with E-state index in [1.54, 1.807) is 0 Å². The fraction of sp³-hybridized carbons (Fsp3) is 1.00. The predicted octanol–water partition coefficient (Wildman–Crippen LogP) is -5.01. The summed E-state index contributed by atoms with van der Waals surface area (Å²) in [5.74, 6) is 0. The van der Waals surface area contributed by atoms with E-state index < -0.39 is 43.3 Å². The second-order valence-electron chi connectivity index (χ2n) is 3.79. The molecule has 0 fully saturated rings. The first kappa shape index (κ1) is 26.5. The summed E-state index contributed by atoms with van der Waals surface area (Å²) in [5.41, 5.74) is 0. The Morgan fingerprint density at radius 1 is 0.739 bits per heavy atom. The van der Waals surface area contributed by atoms with Crippen molar-refractivity contribution < 1.29 is 86.2 Å². The number of phosphoric acid groups is 3. The van der Waals surface area contributed by atoms with Crippen LogP contribution in [0, 0.1) is 0 Å². The molecule has 0 bridgehead atoms. The minimum atomic E-state index is -4.92. The van der Waals surface area contributed by atoms with Crippen LogP contribution in [0.25, 0.3) is 0 Å². The quantitative estimate of drug-likeness (QED) is 0.151. The first-order valence-corrected chi connectivity index (χ1v) is 10.1. The Kier molecular flexibility index (Phi) is 13.6. The molecular formula is C6H17NNaO12P3. The van der Waals surface area contributed by atoms with Crippen LogP contribution < -0.4 is 34.5 Å². The topological polar surface area (TPSA) is 206 Å². The van der Waals surface area contributed by atoms with Gasteiger partial charge in [0.2, 0.25) is 0 Å². The molecular weight excluding hydrogens is 394 g/mol. The van der Waals surface area contributed by atoms with Crippen LogP contribution in [0.15, 0.2) is 0 Å². The van der Waals surface area contributed by atoms with Crippen molar-refractivity contribution in [1.82, 2.24) is 4.90 Å². The van der Waals surface area contributed by atoms with E-state index in [2.05, 4.69) is 13.6 Å². The molecule has 0 aromatic heterocycles. The van der Waals surface area contributed by atoms with Crippen molar-refractivity contribution in [2.45, 2.75) is 0 Å². The molecule has 0 aliphatic carbocycles. The van der Waals surface area contributed by atoms with E-state index in [1.807, 2.05) is 0 Å². The number of rotatable bonds is 12. The van der Waals surface area contributed by atoms with Crippen molar-refractivity contribution in [1.29, 1.82) is 0 Å². The molecule has 1 unspecified atom stereocenters. The minimum Gasteiger partial charge on any atom is -0.756 e. The summed E-state index contributed by atoms with van der Waals surface area (Å²) in [6.07, 6.45) is 0. The third-order valence-corrected chi connectivity index (χ3v) is 3.54. The Bertz CT molecular complexity index is 391. The van der Waals surface area contributed by atoms with Gasteiger partial charge in [-0.25, -0.2) is 9.13 Å². The SMILES string of the molecule is O=P([O-])(O)OCCN(CCOP(=O)(O)O)CCOP(=O)(O)O.[Na+]. The monoisotopic (exact) mass is 411 g/mol. The molecule has 0 radical (unpaired) electrons. The van der Waals surface area contributed by atoms with E-state index in [-0.39, 0.29) is 49.2 Å². The molecule has 0 spiro atoms. The van der Waals surface area contributed by atoms with Crippen LogP contribution in [0.4, 0.5) is 0 Å². The molecule has 1 atom stereocenters. The summed E-state index contributed by atoms with van der Waals surface area (Å²) >= 11 is 0. The Balaban J connectivity index is 0. The molecule has 0 saturated carbocycles. The molecule has 134 valence electrons. The first-order chi connectivity index (χ1) is 9.79. The number of hydrogen-bond acceptors (Lipinski definition) is 8. The number of hydrogen-bond donors (Lipinski definition) is 5. The molecule has 0 aliphatic rings. The van der Waals surface area contributed by atoms with Gasteiger partial charge in [-0.1, -0.05) is 0 Å². The van der Waals surface area contributed by atoms with E-state index in [9.17, 15) is 18.6 Å². The zero-order valence-corrected chi connectivity index (χ0v) is 16.8. The van der Waals surface area contributed by atoms with E-state index in [1.165, 1.54) is 4.90 Å². The number of nitrogens with zero attached hydrogens (tertiary/aromatic N) is 1. The van der Waals surface area contributed by atoms with Gasteiger partial charge in [-0.2, -0.15) is 0 Å². The summed E-state index contributed by atoms with van der Waals surface area (Å²) in [6.45, 7) is -1.73. The fourth-order valence-corrected chi connectivity index (χ4v) is 2.15. The van der Waals surface area contributed by atoms with Crippen LogP contribution in [0.3, 0.4) is 0 Å². The average Bonchev–Trinajstić information content (AvgIpc) is 2.23. The molecule has 0 heterocycles. The van der Waals surface area contributed by atoms with Gasteiger partial charge in [-0.05, 0) is 0 Å². The van der Waals surface area contributed by atoms with Gasteiger partial charge in [-0.15, -0.1) is 0 Å². The van der Waals surface area contributed by atoms with Gasteiger partial charge in [0.05, 0.1) is 19.8 Å². The van der Waals surface area contributed by atoms with E-state index in [0.717, 1.165) is 0 Å². The summed E-state index contributed by atoms with van der Waals surface area (Å²) in [6, 6.07) is 0. The first-order valence-electron chi connectivity index (χ1n) is 5.59. The van der Waals surface area contributed by atoms with Gasteiger partial charge in [0.15, 0.2) is 0 Å². The van der Waals surface area contributed by atoms with Crippen molar-refractivity contribution in [3.8, 4) is 0 Å². The normalized spacial score (nSPS) is 15.3. The maximum atomic E-state index is 10.5. The average molecular weight is 411 g/mol. The predicted molar refractivity (Wildman–Crippen MR) is 68.2 cm³/mol. The maximum absolute atomic E-state index is 10.5. The van der Waals surface area contributed by atoms with Crippen LogP contribution in [0.1, 0.15) is 0 Å².